The van der Waals surface area contributed by atoms with Crippen LogP contribution in [0.4, 0.5) is 16.4 Å². The fourth-order valence-electron chi connectivity index (χ4n) is 4.66. The van der Waals surface area contributed by atoms with Gasteiger partial charge >= 0.3 is 6.09 Å². The number of carbonyl (C=O) groups is 2. The molecule has 11 nitrogen and oxygen atoms in total. The summed E-state index contributed by atoms with van der Waals surface area (Å²) in [5, 5.41) is 19.9. The van der Waals surface area contributed by atoms with Gasteiger partial charge in [0.05, 0.1) is 11.4 Å². The molecule has 11 heteroatoms. The van der Waals surface area contributed by atoms with Gasteiger partial charge in [-0.3, -0.25) is 4.79 Å². The number of amides is 2. The second-order valence-corrected chi connectivity index (χ2v) is 8.96. The Kier molecular flexibility index (Phi) is 6.19. The molecule has 3 aromatic heterocycles. The Morgan fingerprint density at radius 3 is 2.50 bits per heavy atom. The Bertz CT molecular complexity index is 1430. The second-order valence-electron chi connectivity index (χ2n) is 8.96. The number of fused-ring (bicyclic) bond motifs is 1. The zero-order chi connectivity index (χ0) is 25.2. The lowest BCUT2D eigenvalue weighted by atomic mass is 9.91. The number of hydrogen-bond acceptors (Lipinski definition) is 7. The highest BCUT2D eigenvalue weighted by atomic mass is 16.4. The third-order valence-corrected chi connectivity index (χ3v) is 6.47. The van der Waals surface area contributed by atoms with Crippen molar-refractivity contribution in [3.8, 4) is 11.3 Å². The summed E-state index contributed by atoms with van der Waals surface area (Å²) < 4.78 is 1.88. The summed E-state index contributed by atoms with van der Waals surface area (Å²) in [7, 11) is 0. The lowest BCUT2D eigenvalue weighted by Crippen LogP contribution is -2.37. The molecular weight excluding hydrogens is 460 g/mol. The number of pyridine rings is 1. The second kappa shape index (κ2) is 9.61. The number of hydrogen-bond donors (Lipinski definition) is 4. The van der Waals surface area contributed by atoms with E-state index in [0.717, 1.165) is 24.0 Å². The van der Waals surface area contributed by atoms with Crippen molar-refractivity contribution >= 4 is 34.7 Å². The molecule has 0 radical (unpaired) electrons. The highest BCUT2D eigenvalue weighted by molar-refractivity contribution is 6.04. The summed E-state index contributed by atoms with van der Waals surface area (Å²) in [6.45, 7) is 1.93. The van der Waals surface area contributed by atoms with E-state index < -0.39 is 6.09 Å². The summed E-state index contributed by atoms with van der Waals surface area (Å²) in [5.74, 6) is 0.562. The maximum Gasteiger partial charge on any atom is 0.404 e. The van der Waals surface area contributed by atoms with Gasteiger partial charge in [0.25, 0.3) is 5.91 Å². The van der Waals surface area contributed by atoms with Gasteiger partial charge in [-0.2, -0.15) is 5.10 Å². The molecule has 1 aromatic carbocycles. The van der Waals surface area contributed by atoms with Crippen LogP contribution in [0.1, 0.15) is 47.6 Å². The Balaban J connectivity index is 1.41. The first kappa shape index (κ1) is 23.2. The molecule has 0 unspecified atom stereocenters. The van der Waals surface area contributed by atoms with Crippen molar-refractivity contribution in [1.82, 2.24) is 30.0 Å². The molecule has 1 fully saturated rings. The van der Waals surface area contributed by atoms with E-state index >= 15 is 0 Å². The van der Waals surface area contributed by atoms with Gasteiger partial charge < -0.3 is 21.5 Å². The third kappa shape index (κ3) is 4.67. The molecule has 36 heavy (non-hydrogen) atoms. The van der Waals surface area contributed by atoms with Gasteiger partial charge in [-0.05, 0) is 62.4 Å². The van der Waals surface area contributed by atoms with Crippen LogP contribution in [-0.2, 0) is 0 Å². The predicted octanol–water partition coefficient (Wildman–Crippen LogP) is 3.78. The van der Waals surface area contributed by atoms with Gasteiger partial charge in [0, 0.05) is 23.4 Å². The first-order valence-corrected chi connectivity index (χ1v) is 11.7. The molecule has 0 aliphatic heterocycles. The van der Waals surface area contributed by atoms with Crippen molar-refractivity contribution in [3.05, 3.63) is 60.0 Å². The summed E-state index contributed by atoms with van der Waals surface area (Å²) >= 11 is 0. The van der Waals surface area contributed by atoms with Gasteiger partial charge in [0.2, 0.25) is 0 Å². The minimum Gasteiger partial charge on any atom is -0.465 e. The SMILES string of the molecule is Cc1ccnc(NC(=O)c2ccc(-c3nn(C4CCC(NC(=O)O)CC4)c4ncnc(N)c34)cc2)c1. The summed E-state index contributed by atoms with van der Waals surface area (Å²) in [6, 6.07) is 10.8. The van der Waals surface area contributed by atoms with Crippen LogP contribution in [0.2, 0.25) is 0 Å². The van der Waals surface area contributed by atoms with Crippen molar-refractivity contribution in [2.45, 2.75) is 44.7 Å². The molecule has 2 amide bonds. The molecule has 3 heterocycles. The number of nitrogen functional groups attached to an aromatic ring is 1. The molecule has 1 saturated carbocycles. The number of carbonyl (C=O) groups excluding carboxylic acids is 1. The lowest BCUT2D eigenvalue weighted by Gasteiger charge is -2.28. The molecular formula is C25H26N8O3. The number of carboxylic acid groups (broad SMARTS) is 1. The number of anilines is 2. The first-order chi connectivity index (χ1) is 17.4. The van der Waals surface area contributed by atoms with Gasteiger partial charge in [-0.15, -0.1) is 0 Å². The van der Waals surface area contributed by atoms with E-state index in [1.54, 1.807) is 24.4 Å². The molecule has 0 spiro atoms. The number of rotatable bonds is 5. The number of aromatic nitrogens is 5. The highest BCUT2D eigenvalue weighted by Gasteiger charge is 2.27. The molecule has 1 aliphatic rings. The van der Waals surface area contributed by atoms with E-state index in [4.69, 9.17) is 15.9 Å². The minimum absolute atomic E-state index is 0.0616. The van der Waals surface area contributed by atoms with Crippen molar-refractivity contribution in [1.29, 1.82) is 0 Å². The molecule has 0 atom stereocenters. The smallest absolute Gasteiger partial charge is 0.404 e. The minimum atomic E-state index is -1.00. The van der Waals surface area contributed by atoms with E-state index in [1.807, 2.05) is 29.8 Å². The Morgan fingerprint density at radius 1 is 1.06 bits per heavy atom. The van der Waals surface area contributed by atoms with E-state index in [1.165, 1.54) is 6.33 Å². The average molecular weight is 487 g/mol. The zero-order valence-electron chi connectivity index (χ0n) is 19.7. The van der Waals surface area contributed by atoms with Crippen LogP contribution < -0.4 is 16.4 Å². The summed E-state index contributed by atoms with van der Waals surface area (Å²) in [4.78, 5) is 36.5. The number of benzene rings is 1. The molecule has 0 saturated heterocycles. The van der Waals surface area contributed by atoms with Crippen LogP contribution in [0.3, 0.4) is 0 Å². The van der Waals surface area contributed by atoms with Crippen LogP contribution in [0.5, 0.6) is 0 Å². The number of nitrogens with zero attached hydrogens (tertiary/aromatic N) is 5. The summed E-state index contributed by atoms with van der Waals surface area (Å²) in [5.41, 5.74) is 9.79. The predicted molar refractivity (Wildman–Crippen MR) is 135 cm³/mol. The summed E-state index contributed by atoms with van der Waals surface area (Å²) in [6.07, 6.45) is 5.02. The maximum absolute atomic E-state index is 12.7. The van der Waals surface area contributed by atoms with Crippen LogP contribution in [0.15, 0.2) is 48.9 Å². The zero-order valence-corrected chi connectivity index (χ0v) is 19.7. The topological polar surface area (TPSA) is 161 Å². The van der Waals surface area contributed by atoms with Crippen molar-refractivity contribution in [3.63, 3.8) is 0 Å². The molecule has 1 aliphatic carbocycles. The maximum atomic E-state index is 12.7. The molecule has 4 aromatic rings. The number of aryl methyl sites for hydroxylation is 1. The van der Waals surface area contributed by atoms with Crippen molar-refractivity contribution in [2.75, 3.05) is 11.1 Å². The standard InChI is InChI=1S/C25H26N8O3/c1-14-10-11-27-19(12-14)31-24(34)16-4-2-15(3-5-16)21-20-22(26)28-13-29-23(20)33(32-21)18-8-6-17(7-9-18)30-25(35)36/h2-5,10-13,17-18,30H,6-9H2,1H3,(H,35,36)(H2,26,28,29)(H,27,31,34). The van der Waals surface area contributed by atoms with E-state index in [9.17, 15) is 9.59 Å². The number of nitrogens with one attached hydrogen (secondary N) is 2. The van der Waals surface area contributed by atoms with Crippen LogP contribution in [0, 0.1) is 6.92 Å². The van der Waals surface area contributed by atoms with Gasteiger partial charge in [-0.25, -0.2) is 24.4 Å². The molecule has 0 bridgehead atoms. The van der Waals surface area contributed by atoms with E-state index in [2.05, 4.69) is 25.6 Å². The fourth-order valence-corrected chi connectivity index (χ4v) is 4.66. The fraction of sp³-hybridized carbons (Fsp3) is 0.280. The Labute approximate surface area is 206 Å². The van der Waals surface area contributed by atoms with E-state index in [0.29, 0.717) is 46.8 Å². The van der Waals surface area contributed by atoms with E-state index in [-0.39, 0.29) is 18.0 Å². The molecule has 184 valence electrons. The number of nitrogens with two attached hydrogens (primary N) is 1. The normalized spacial score (nSPS) is 17.6. The van der Waals surface area contributed by atoms with Crippen molar-refractivity contribution in [2.24, 2.45) is 0 Å². The first-order valence-electron chi connectivity index (χ1n) is 11.7. The van der Waals surface area contributed by atoms with Gasteiger partial charge in [0.15, 0.2) is 5.65 Å². The molecule has 5 rings (SSSR count). The largest absolute Gasteiger partial charge is 0.465 e. The van der Waals surface area contributed by atoms with Gasteiger partial charge in [-0.1, -0.05) is 12.1 Å². The Morgan fingerprint density at radius 2 is 1.81 bits per heavy atom. The molecule has 5 N–H and O–H groups in total. The third-order valence-electron chi connectivity index (χ3n) is 6.47. The van der Waals surface area contributed by atoms with Crippen LogP contribution >= 0.6 is 0 Å². The van der Waals surface area contributed by atoms with Crippen LogP contribution in [-0.4, -0.2) is 47.9 Å². The van der Waals surface area contributed by atoms with Crippen LogP contribution in [0.25, 0.3) is 22.3 Å². The van der Waals surface area contributed by atoms with Gasteiger partial charge in [0.1, 0.15) is 23.7 Å². The highest BCUT2D eigenvalue weighted by Crippen LogP contribution is 2.36. The quantitative estimate of drug-likeness (QED) is 0.331. The average Bonchev–Trinajstić information content (AvgIpc) is 3.25. The Hall–Kier alpha value is -4.54. The lowest BCUT2D eigenvalue weighted by molar-refractivity contribution is 0.102. The van der Waals surface area contributed by atoms with Crippen molar-refractivity contribution < 1.29 is 14.7 Å². The monoisotopic (exact) mass is 486 g/mol.